The lowest BCUT2D eigenvalue weighted by atomic mass is 10.3. The number of likely N-dealkylation sites (tertiary alicyclic amines) is 1. The Bertz CT molecular complexity index is 326. The van der Waals surface area contributed by atoms with E-state index in [2.05, 4.69) is 15.0 Å². The summed E-state index contributed by atoms with van der Waals surface area (Å²) in [4.78, 5) is 16.7. The average Bonchev–Trinajstić information content (AvgIpc) is 2.74. The second-order valence-electron chi connectivity index (χ2n) is 3.27. The number of carbonyl (C=O) groups excluding carboxylic acids is 1. The van der Waals surface area contributed by atoms with Gasteiger partial charge >= 0.3 is 6.09 Å². The van der Waals surface area contributed by atoms with Crippen LogP contribution in [0.2, 0.25) is 0 Å². The SMILES string of the molecule is COC(=O)NC1CCN(C(=NC#N)SC)C1. The van der Waals surface area contributed by atoms with Crippen LogP contribution >= 0.6 is 11.8 Å². The predicted molar refractivity (Wildman–Crippen MR) is 62.1 cm³/mol. The molecule has 0 spiro atoms. The summed E-state index contributed by atoms with van der Waals surface area (Å²) in [6, 6.07) is 0.0588. The number of nitrogens with zero attached hydrogens (tertiary/aromatic N) is 3. The summed E-state index contributed by atoms with van der Waals surface area (Å²) in [5, 5.41) is 11.9. The summed E-state index contributed by atoms with van der Waals surface area (Å²) >= 11 is 1.43. The number of alkyl carbamates (subject to hydrolysis) is 1. The van der Waals surface area contributed by atoms with Gasteiger partial charge in [0.15, 0.2) is 5.17 Å². The van der Waals surface area contributed by atoms with Gasteiger partial charge in [0, 0.05) is 13.1 Å². The van der Waals surface area contributed by atoms with Gasteiger partial charge in [-0.25, -0.2) is 4.79 Å². The van der Waals surface area contributed by atoms with Crippen molar-refractivity contribution in [1.82, 2.24) is 10.2 Å². The maximum Gasteiger partial charge on any atom is 0.407 e. The average molecular weight is 242 g/mol. The van der Waals surface area contributed by atoms with E-state index in [1.807, 2.05) is 11.2 Å². The van der Waals surface area contributed by atoms with Gasteiger partial charge in [0.25, 0.3) is 0 Å². The van der Waals surface area contributed by atoms with Crippen molar-refractivity contribution in [3.05, 3.63) is 0 Å². The first-order valence-corrected chi connectivity index (χ1v) is 6.04. The largest absolute Gasteiger partial charge is 0.453 e. The number of rotatable bonds is 1. The molecule has 1 unspecified atom stereocenters. The third kappa shape index (κ3) is 3.31. The number of thioether (sulfide) groups is 1. The molecule has 0 aromatic heterocycles. The first kappa shape index (κ1) is 12.6. The van der Waals surface area contributed by atoms with Gasteiger partial charge in [-0.1, -0.05) is 11.8 Å². The molecular formula is C9H14N4O2S. The molecule has 6 nitrogen and oxygen atoms in total. The normalized spacial score (nSPS) is 20.4. The van der Waals surface area contributed by atoms with E-state index < -0.39 is 6.09 Å². The Morgan fingerprint density at radius 2 is 2.50 bits per heavy atom. The van der Waals surface area contributed by atoms with Crippen molar-refractivity contribution in [3.63, 3.8) is 0 Å². The molecule has 16 heavy (non-hydrogen) atoms. The van der Waals surface area contributed by atoms with Crippen molar-refractivity contribution < 1.29 is 9.53 Å². The Morgan fingerprint density at radius 3 is 3.06 bits per heavy atom. The van der Waals surface area contributed by atoms with Gasteiger partial charge in [-0.3, -0.25) is 0 Å². The van der Waals surface area contributed by atoms with Crippen LogP contribution < -0.4 is 5.32 Å². The van der Waals surface area contributed by atoms with Crippen molar-refractivity contribution >= 4 is 23.0 Å². The number of amidine groups is 1. The summed E-state index contributed by atoms with van der Waals surface area (Å²) in [6.45, 7) is 1.45. The molecule has 0 aromatic carbocycles. The number of ether oxygens (including phenoxy) is 1. The van der Waals surface area contributed by atoms with Gasteiger partial charge in [-0.05, 0) is 12.7 Å². The maximum atomic E-state index is 11.0. The lowest BCUT2D eigenvalue weighted by molar-refractivity contribution is 0.167. The van der Waals surface area contributed by atoms with Crippen LogP contribution in [0, 0.1) is 11.5 Å². The molecule has 1 heterocycles. The fraction of sp³-hybridized carbons (Fsp3) is 0.667. The zero-order chi connectivity index (χ0) is 12.0. The summed E-state index contributed by atoms with van der Waals surface area (Å²) in [5.41, 5.74) is 0. The molecule has 1 atom stereocenters. The standard InChI is InChI=1S/C9H14N4O2S/c1-15-9(14)12-7-3-4-13(5-7)8(16-2)11-6-10/h7H,3-5H2,1-2H3,(H,12,14). The summed E-state index contributed by atoms with van der Waals surface area (Å²) in [6.07, 6.45) is 4.06. The fourth-order valence-corrected chi connectivity index (χ4v) is 2.12. The lowest BCUT2D eigenvalue weighted by Crippen LogP contribution is -2.37. The quantitative estimate of drug-likeness (QED) is 0.414. The van der Waals surface area contributed by atoms with Crippen molar-refractivity contribution in [2.24, 2.45) is 4.99 Å². The first-order chi connectivity index (χ1) is 7.71. The third-order valence-electron chi connectivity index (χ3n) is 2.29. The summed E-state index contributed by atoms with van der Waals surface area (Å²) in [5.74, 6) is 0. The van der Waals surface area contributed by atoms with E-state index in [9.17, 15) is 4.79 Å². The van der Waals surface area contributed by atoms with Gasteiger partial charge in [0.1, 0.15) is 0 Å². The fourth-order valence-electron chi connectivity index (χ4n) is 1.57. The van der Waals surface area contributed by atoms with Gasteiger partial charge in [-0.15, -0.1) is 4.99 Å². The molecular weight excluding hydrogens is 228 g/mol. The number of methoxy groups -OCH3 is 1. The molecule has 0 radical (unpaired) electrons. The van der Waals surface area contributed by atoms with Crippen LogP contribution in [0.4, 0.5) is 4.79 Å². The van der Waals surface area contributed by atoms with Crippen LogP contribution in [0.1, 0.15) is 6.42 Å². The highest BCUT2D eigenvalue weighted by atomic mass is 32.2. The Labute approximate surface area is 98.6 Å². The van der Waals surface area contributed by atoms with E-state index in [0.29, 0.717) is 11.7 Å². The van der Waals surface area contributed by atoms with E-state index in [-0.39, 0.29) is 6.04 Å². The van der Waals surface area contributed by atoms with Gasteiger partial charge in [-0.2, -0.15) is 5.26 Å². The number of amides is 1. The molecule has 88 valence electrons. The molecule has 1 N–H and O–H groups in total. The van der Waals surface area contributed by atoms with Crippen LogP contribution in [-0.2, 0) is 4.74 Å². The Morgan fingerprint density at radius 1 is 1.75 bits per heavy atom. The maximum absolute atomic E-state index is 11.0. The minimum atomic E-state index is -0.422. The van der Waals surface area contributed by atoms with E-state index in [4.69, 9.17) is 5.26 Å². The molecule has 0 aliphatic carbocycles. The molecule has 1 aliphatic rings. The van der Waals surface area contributed by atoms with Crippen molar-refractivity contribution in [2.45, 2.75) is 12.5 Å². The van der Waals surface area contributed by atoms with Gasteiger partial charge < -0.3 is 15.0 Å². The monoisotopic (exact) mass is 242 g/mol. The van der Waals surface area contributed by atoms with E-state index >= 15 is 0 Å². The first-order valence-electron chi connectivity index (χ1n) is 4.81. The molecule has 1 aliphatic heterocycles. The molecule has 0 aromatic rings. The number of hydrogen-bond acceptors (Lipinski definition) is 5. The topological polar surface area (TPSA) is 77.7 Å². The molecule has 7 heteroatoms. The zero-order valence-electron chi connectivity index (χ0n) is 9.27. The zero-order valence-corrected chi connectivity index (χ0v) is 10.1. The smallest absolute Gasteiger partial charge is 0.407 e. The second-order valence-corrected chi connectivity index (χ2v) is 4.04. The molecule has 1 saturated heterocycles. The third-order valence-corrected chi connectivity index (χ3v) is 3.01. The second kappa shape index (κ2) is 6.23. The number of nitrogens with one attached hydrogen (secondary N) is 1. The molecule has 1 amide bonds. The van der Waals surface area contributed by atoms with Crippen molar-refractivity contribution in [3.8, 4) is 6.19 Å². The van der Waals surface area contributed by atoms with E-state index in [1.165, 1.54) is 18.9 Å². The van der Waals surface area contributed by atoms with Crippen LogP contribution in [0.15, 0.2) is 4.99 Å². The van der Waals surface area contributed by atoms with Gasteiger partial charge in [0.05, 0.1) is 13.2 Å². The van der Waals surface area contributed by atoms with Crippen LogP contribution in [-0.4, -0.2) is 48.7 Å². The van der Waals surface area contributed by atoms with E-state index in [0.717, 1.165) is 13.0 Å². The predicted octanol–water partition coefficient (Wildman–Crippen LogP) is 0.617. The van der Waals surface area contributed by atoms with Crippen LogP contribution in [0.5, 0.6) is 0 Å². The van der Waals surface area contributed by atoms with Crippen molar-refractivity contribution in [1.29, 1.82) is 5.26 Å². The Hall–Kier alpha value is -1.42. The molecule has 1 rings (SSSR count). The molecule has 0 bridgehead atoms. The molecule has 0 saturated carbocycles. The number of carbonyl (C=O) groups is 1. The molecule has 1 fully saturated rings. The van der Waals surface area contributed by atoms with Crippen LogP contribution in [0.3, 0.4) is 0 Å². The minimum absolute atomic E-state index is 0.0588. The summed E-state index contributed by atoms with van der Waals surface area (Å²) in [7, 11) is 1.34. The highest BCUT2D eigenvalue weighted by molar-refractivity contribution is 8.13. The Kier molecular flexibility index (Phi) is 4.92. The van der Waals surface area contributed by atoms with Gasteiger partial charge in [0.2, 0.25) is 6.19 Å². The summed E-state index contributed by atoms with van der Waals surface area (Å²) < 4.78 is 4.53. The highest BCUT2D eigenvalue weighted by Crippen LogP contribution is 2.14. The van der Waals surface area contributed by atoms with Crippen LogP contribution in [0.25, 0.3) is 0 Å². The lowest BCUT2D eigenvalue weighted by Gasteiger charge is -2.17. The van der Waals surface area contributed by atoms with E-state index in [1.54, 1.807) is 6.19 Å². The minimum Gasteiger partial charge on any atom is -0.453 e. The number of nitriles is 1. The number of hydrogen-bond donors (Lipinski definition) is 1. The van der Waals surface area contributed by atoms with Crippen molar-refractivity contribution in [2.75, 3.05) is 26.5 Å². The number of aliphatic imine (C=N–C) groups is 1. The highest BCUT2D eigenvalue weighted by Gasteiger charge is 2.26. The Balaban J connectivity index is 2.49.